The average molecular weight is 385 g/mol. The van der Waals surface area contributed by atoms with Crippen molar-refractivity contribution in [1.29, 1.82) is 5.26 Å². The van der Waals surface area contributed by atoms with Crippen molar-refractivity contribution in [2.75, 3.05) is 6.54 Å². The Balaban J connectivity index is 1.73. The highest BCUT2D eigenvalue weighted by Crippen LogP contribution is 2.26. The molecule has 1 amide bonds. The largest absolute Gasteiger partial charge is 0.331 e. The molecule has 3 aromatic rings. The van der Waals surface area contributed by atoms with Gasteiger partial charge in [0.25, 0.3) is 5.91 Å². The van der Waals surface area contributed by atoms with Gasteiger partial charge >= 0.3 is 0 Å². The highest BCUT2D eigenvalue weighted by Gasteiger charge is 2.15. The maximum absolute atomic E-state index is 13.0. The number of nitriles is 1. The minimum absolute atomic E-state index is 0.0725. The molecule has 0 N–H and O–H groups in total. The lowest BCUT2D eigenvalue weighted by Crippen LogP contribution is -2.30. The van der Waals surface area contributed by atoms with Crippen LogP contribution in [0.3, 0.4) is 0 Å². The number of rotatable bonds is 7. The molecule has 0 bridgehead atoms. The molecule has 0 saturated carbocycles. The third kappa shape index (κ3) is 5.09. The van der Waals surface area contributed by atoms with Crippen molar-refractivity contribution in [3.8, 4) is 6.07 Å². The van der Waals surface area contributed by atoms with Crippen LogP contribution in [0.4, 0.5) is 0 Å². The molecule has 3 rings (SSSR count). The van der Waals surface area contributed by atoms with Gasteiger partial charge in [-0.05, 0) is 54.1 Å². The third-order valence-electron chi connectivity index (χ3n) is 4.03. The van der Waals surface area contributed by atoms with Gasteiger partial charge in [-0.2, -0.15) is 5.26 Å². The van der Waals surface area contributed by atoms with Gasteiger partial charge in [0.2, 0.25) is 0 Å². The van der Waals surface area contributed by atoms with Crippen LogP contribution in [0.5, 0.6) is 0 Å². The zero-order valence-electron chi connectivity index (χ0n) is 15.3. The Morgan fingerprint density at radius 3 is 2.64 bits per heavy atom. The van der Waals surface area contributed by atoms with Crippen molar-refractivity contribution >= 4 is 17.7 Å². The molecular weight excluding hydrogens is 366 g/mol. The van der Waals surface area contributed by atoms with Gasteiger partial charge in [0, 0.05) is 29.7 Å². The Bertz CT molecular complexity index is 994. The molecule has 5 heteroatoms. The van der Waals surface area contributed by atoms with Gasteiger partial charge in [-0.3, -0.25) is 4.79 Å². The van der Waals surface area contributed by atoms with Crippen LogP contribution in [0, 0.1) is 11.3 Å². The first kappa shape index (κ1) is 19.4. The summed E-state index contributed by atoms with van der Waals surface area (Å²) < 4.78 is 0. The summed E-state index contributed by atoms with van der Waals surface area (Å²) in [6, 6.07) is 22.7. The molecule has 0 atom stereocenters. The summed E-state index contributed by atoms with van der Waals surface area (Å²) in [5.74, 6) is -0.0725. The fourth-order valence-corrected chi connectivity index (χ4v) is 3.48. The van der Waals surface area contributed by atoms with E-state index in [0.717, 1.165) is 15.5 Å². The van der Waals surface area contributed by atoms with Gasteiger partial charge < -0.3 is 4.90 Å². The molecule has 28 heavy (non-hydrogen) atoms. The molecule has 0 aliphatic rings. The molecule has 0 fully saturated rings. The van der Waals surface area contributed by atoms with Gasteiger partial charge in [0.1, 0.15) is 5.03 Å². The molecule has 1 aromatic heterocycles. The van der Waals surface area contributed by atoms with Crippen LogP contribution in [0.1, 0.15) is 21.5 Å². The second-order valence-corrected chi connectivity index (χ2v) is 7.17. The average Bonchev–Trinajstić information content (AvgIpc) is 2.74. The van der Waals surface area contributed by atoms with E-state index >= 15 is 0 Å². The predicted molar refractivity (Wildman–Crippen MR) is 111 cm³/mol. The molecule has 0 radical (unpaired) electrons. The monoisotopic (exact) mass is 385 g/mol. The van der Waals surface area contributed by atoms with E-state index < -0.39 is 0 Å². The molecule has 138 valence electrons. The zero-order valence-corrected chi connectivity index (χ0v) is 16.1. The lowest BCUT2D eigenvalue weighted by Gasteiger charge is -2.21. The molecule has 0 unspecified atom stereocenters. The van der Waals surface area contributed by atoms with Crippen LogP contribution in [0.2, 0.25) is 0 Å². The van der Waals surface area contributed by atoms with Crippen molar-refractivity contribution in [3.05, 3.63) is 102 Å². The van der Waals surface area contributed by atoms with Crippen molar-refractivity contribution in [2.45, 2.75) is 16.5 Å². The summed E-state index contributed by atoms with van der Waals surface area (Å²) in [6.07, 6.45) is 3.46. The van der Waals surface area contributed by atoms with E-state index in [-0.39, 0.29) is 5.91 Å². The third-order valence-corrected chi connectivity index (χ3v) is 4.99. The first-order chi connectivity index (χ1) is 13.7. The molecule has 2 aromatic carbocycles. The van der Waals surface area contributed by atoms with Crippen molar-refractivity contribution in [3.63, 3.8) is 0 Å². The fourth-order valence-electron chi connectivity index (χ4n) is 2.71. The first-order valence-corrected chi connectivity index (χ1v) is 9.59. The Morgan fingerprint density at radius 2 is 1.96 bits per heavy atom. The number of benzene rings is 2. The Hall–Kier alpha value is -3.36. The molecular formula is C23H19N3OS. The Kier molecular flexibility index (Phi) is 6.61. The zero-order chi connectivity index (χ0) is 19.8. The summed E-state index contributed by atoms with van der Waals surface area (Å²) in [7, 11) is 0. The molecule has 1 heterocycles. The second-order valence-electron chi connectivity index (χ2n) is 6.08. The summed E-state index contributed by atoms with van der Waals surface area (Å²) >= 11 is 1.55. The fraction of sp³-hybridized carbons (Fsp3) is 0.0870. The van der Waals surface area contributed by atoms with Crippen LogP contribution in [-0.2, 0) is 6.54 Å². The standard InChI is InChI=1S/C23H19N3OS/c1-2-14-26(17-19-7-5-6-18(15-19)16-24)23(27)20-9-11-21(12-10-20)28-22-8-3-4-13-25-22/h2-13,15H,1,14,17H2. The van der Waals surface area contributed by atoms with Gasteiger partial charge in [-0.15, -0.1) is 6.58 Å². The summed E-state index contributed by atoms with van der Waals surface area (Å²) in [4.78, 5) is 20.0. The molecule has 0 aliphatic heterocycles. The number of nitrogens with zero attached hydrogens (tertiary/aromatic N) is 3. The van der Waals surface area contributed by atoms with Gasteiger partial charge in [0.05, 0.1) is 11.6 Å². The first-order valence-electron chi connectivity index (χ1n) is 8.78. The lowest BCUT2D eigenvalue weighted by atomic mass is 10.1. The van der Waals surface area contributed by atoms with Crippen LogP contribution >= 0.6 is 11.8 Å². The predicted octanol–water partition coefficient (Wildman–Crippen LogP) is 4.93. The number of carbonyl (C=O) groups is 1. The number of aromatic nitrogens is 1. The van der Waals surface area contributed by atoms with Crippen LogP contribution in [-0.4, -0.2) is 22.3 Å². The van der Waals surface area contributed by atoms with Crippen molar-refractivity contribution in [1.82, 2.24) is 9.88 Å². The van der Waals surface area contributed by atoms with E-state index in [1.54, 1.807) is 41.1 Å². The Labute approximate surface area is 169 Å². The van der Waals surface area contributed by atoms with Crippen molar-refractivity contribution in [2.24, 2.45) is 0 Å². The molecule has 0 aliphatic carbocycles. The van der Waals surface area contributed by atoms with Gasteiger partial charge in [0.15, 0.2) is 0 Å². The second kappa shape index (κ2) is 9.54. The van der Waals surface area contributed by atoms with E-state index in [0.29, 0.717) is 24.2 Å². The van der Waals surface area contributed by atoms with E-state index in [9.17, 15) is 4.79 Å². The van der Waals surface area contributed by atoms with Crippen molar-refractivity contribution < 1.29 is 4.79 Å². The summed E-state index contributed by atoms with van der Waals surface area (Å²) in [6.45, 7) is 4.61. The van der Waals surface area contributed by atoms with Crippen LogP contribution < -0.4 is 0 Å². The minimum atomic E-state index is -0.0725. The molecule has 0 saturated heterocycles. The number of pyridine rings is 1. The SMILES string of the molecule is C=CCN(Cc1cccc(C#N)c1)C(=O)c1ccc(Sc2ccccn2)cc1. The topological polar surface area (TPSA) is 57.0 Å². The van der Waals surface area contributed by atoms with Crippen LogP contribution in [0.25, 0.3) is 0 Å². The molecule has 0 spiro atoms. The maximum atomic E-state index is 13.0. The summed E-state index contributed by atoms with van der Waals surface area (Å²) in [5, 5.41) is 9.97. The van der Waals surface area contributed by atoms with Crippen LogP contribution in [0.15, 0.2) is 95.5 Å². The van der Waals surface area contributed by atoms with Gasteiger partial charge in [-0.25, -0.2) is 4.98 Å². The quantitative estimate of drug-likeness (QED) is 0.541. The maximum Gasteiger partial charge on any atom is 0.254 e. The van der Waals surface area contributed by atoms with Gasteiger partial charge in [-0.1, -0.05) is 36.0 Å². The number of hydrogen-bond acceptors (Lipinski definition) is 4. The summed E-state index contributed by atoms with van der Waals surface area (Å²) in [5.41, 5.74) is 2.11. The van der Waals surface area contributed by atoms with E-state index in [2.05, 4.69) is 17.6 Å². The smallest absolute Gasteiger partial charge is 0.254 e. The van der Waals surface area contributed by atoms with E-state index in [1.807, 2.05) is 54.6 Å². The van der Waals surface area contributed by atoms with E-state index in [4.69, 9.17) is 5.26 Å². The minimum Gasteiger partial charge on any atom is -0.331 e. The number of carbonyl (C=O) groups excluding carboxylic acids is 1. The highest BCUT2D eigenvalue weighted by molar-refractivity contribution is 7.99. The number of amides is 1. The molecule has 4 nitrogen and oxygen atoms in total. The Morgan fingerprint density at radius 1 is 1.14 bits per heavy atom. The highest BCUT2D eigenvalue weighted by atomic mass is 32.2. The number of hydrogen-bond donors (Lipinski definition) is 0. The van der Waals surface area contributed by atoms with E-state index in [1.165, 1.54) is 0 Å². The normalized spacial score (nSPS) is 10.1. The lowest BCUT2D eigenvalue weighted by molar-refractivity contribution is 0.0762.